The molecule has 3 unspecified atom stereocenters. The van der Waals surface area contributed by atoms with Crippen LogP contribution in [-0.4, -0.2) is 48.0 Å². The number of fused-ring (bicyclic) bond motifs is 1. The molecule has 0 saturated heterocycles. The van der Waals surface area contributed by atoms with Crippen molar-refractivity contribution in [1.82, 2.24) is 5.32 Å². The fourth-order valence-electron chi connectivity index (χ4n) is 4.62. The lowest BCUT2D eigenvalue weighted by Gasteiger charge is -2.39. The van der Waals surface area contributed by atoms with E-state index in [4.69, 9.17) is 4.74 Å². The van der Waals surface area contributed by atoms with Crippen molar-refractivity contribution < 1.29 is 29.0 Å². The van der Waals surface area contributed by atoms with E-state index in [0.717, 1.165) is 5.56 Å². The number of hydrogen-bond donors (Lipinski definition) is 3. The SMILES string of the molecule is CCC(C)C1C(=O)Nc2cc(C(=O)NC(Cc3ccccc3)C(=O)O)ccc2N1C(=O)c1cccc(OC)c1. The van der Waals surface area contributed by atoms with E-state index in [1.807, 2.05) is 19.9 Å². The standard InChI is InChI=1S/C30H31N3O6/c1-4-18(2)26-28(35)31-23-17-20(27(34)32-24(30(37)38)15-19-9-6-5-7-10-19)13-14-25(23)33(26)29(36)21-11-8-12-22(16-21)39-3/h5-14,16-18,24,26H,4,15H2,1-3H3,(H,31,35)(H,32,34)(H,37,38). The van der Waals surface area contributed by atoms with Crippen LogP contribution in [-0.2, 0) is 16.0 Å². The molecule has 3 aromatic rings. The van der Waals surface area contributed by atoms with Crippen LogP contribution in [0.25, 0.3) is 0 Å². The fraction of sp³-hybridized carbons (Fsp3) is 0.267. The van der Waals surface area contributed by atoms with Crippen molar-refractivity contribution in [2.75, 3.05) is 17.3 Å². The molecule has 1 aliphatic rings. The zero-order valence-corrected chi connectivity index (χ0v) is 22.0. The Kier molecular flexibility index (Phi) is 8.29. The third kappa shape index (κ3) is 5.93. The number of nitrogens with one attached hydrogen (secondary N) is 2. The first-order chi connectivity index (χ1) is 18.7. The fourth-order valence-corrected chi connectivity index (χ4v) is 4.62. The number of carbonyl (C=O) groups is 4. The maximum absolute atomic E-state index is 13.8. The maximum Gasteiger partial charge on any atom is 0.326 e. The molecular formula is C30H31N3O6. The number of amides is 3. The topological polar surface area (TPSA) is 125 Å². The molecule has 202 valence electrons. The highest BCUT2D eigenvalue weighted by molar-refractivity contribution is 6.17. The van der Waals surface area contributed by atoms with Crippen LogP contribution in [0.15, 0.2) is 72.8 Å². The van der Waals surface area contributed by atoms with Gasteiger partial charge in [0.25, 0.3) is 11.8 Å². The lowest BCUT2D eigenvalue weighted by molar-refractivity contribution is -0.139. The summed E-state index contributed by atoms with van der Waals surface area (Å²) in [6, 6.07) is 18.4. The number of carbonyl (C=O) groups excluding carboxylic acids is 3. The molecule has 0 aliphatic carbocycles. The van der Waals surface area contributed by atoms with Crippen LogP contribution in [0.2, 0.25) is 0 Å². The number of nitrogens with zero attached hydrogens (tertiary/aromatic N) is 1. The van der Waals surface area contributed by atoms with Crippen LogP contribution in [0, 0.1) is 5.92 Å². The van der Waals surface area contributed by atoms with Crippen LogP contribution >= 0.6 is 0 Å². The average Bonchev–Trinajstić information content (AvgIpc) is 2.95. The van der Waals surface area contributed by atoms with Crippen molar-refractivity contribution in [2.24, 2.45) is 5.92 Å². The number of hydrogen-bond acceptors (Lipinski definition) is 5. The van der Waals surface area contributed by atoms with Gasteiger partial charge in [-0.15, -0.1) is 0 Å². The van der Waals surface area contributed by atoms with E-state index in [2.05, 4.69) is 10.6 Å². The first-order valence-corrected chi connectivity index (χ1v) is 12.7. The van der Waals surface area contributed by atoms with Gasteiger partial charge in [0.2, 0.25) is 5.91 Å². The number of carboxylic acids is 1. The van der Waals surface area contributed by atoms with E-state index < -0.39 is 24.0 Å². The quantitative estimate of drug-likeness (QED) is 0.383. The van der Waals surface area contributed by atoms with Crippen LogP contribution in [0.4, 0.5) is 11.4 Å². The number of aliphatic carboxylic acids is 1. The van der Waals surface area contributed by atoms with Crippen LogP contribution in [0.1, 0.15) is 46.5 Å². The van der Waals surface area contributed by atoms with Crippen molar-refractivity contribution in [3.8, 4) is 5.75 Å². The van der Waals surface area contributed by atoms with Crippen LogP contribution in [0.5, 0.6) is 5.75 Å². The van der Waals surface area contributed by atoms with Gasteiger partial charge in [0.05, 0.1) is 18.5 Å². The van der Waals surface area contributed by atoms with E-state index in [0.29, 0.717) is 29.1 Å². The Balaban J connectivity index is 1.66. The first kappa shape index (κ1) is 27.4. The number of carboxylic acid groups (broad SMARTS) is 1. The van der Waals surface area contributed by atoms with E-state index in [9.17, 15) is 24.3 Å². The average molecular weight is 530 g/mol. The highest BCUT2D eigenvalue weighted by atomic mass is 16.5. The Morgan fingerprint density at radius 1 is 1.03 bits per heavy atom. The van der Waals surface area contributed by atoms with Crippen molar-refractivity contribution in [1.29, 1.82) is 0 Å². The predicted octanol–water partition coefficient (Wildman–Crippen LogP) is 4.13. The number of methoxy groups -OCH3 is 1. The van der Waals surface area contributed by atoms with Gasteiger partial charge in [-0.25, -0.2) is 4.79 Å². The second kappa shape index (κ2) is 11.8. The van der Waals surface area contributed by atoms with Gasteiger partial charge in [-0.1, -0.05) is 56.7 Å². The Morgan fingerprint density at radius 3 is 2.44 bits per heavy atom. The Morgan fingerprint density at radius 2 is 1.77 bits per heavy atom. The minimum atomic E-state index is -1.16. The molecule has 3 atom stereocenters. The second-order valence-corrected chi connectivity index (χ2v) is 9.51. The van der Waals surface area contributed by atoms with Crippen LogP contribution in [0.3, 0.4) is 0 Å². The second-order valence-electron chi connectivity index (χ2n) is 9.51. The summed E-state index contributed by atoms with van der Waals surface area (Å²) in [6.45, 7) is 3.85. The van der Waals surface area contributed by atoms with Crippen molar-refractivity contribution in [3.63, 3.8) is 0 Å². The first-order valence-electron chi connectivity index (χ1n) is 12.7. The van der Waals surface area contributed by atoms with Gasteiger partial charge in [-0.05, 0) is 47.9 Å². The van der Waals surface area contributed by atoms with E-state index >= 15 is 0 Å². The van der Waals surface area contributed by atoms with Crippen molar-refractivity contribution >= 4 is 35.1 Å². The van der Waals surface area contributed by atoms with Crippen molar-refractivity contribution in [3.05, 3.63) is 89.5 Å². The summed E-state index contributed by atoms with van der Waals surface area (Å²) in [5, 5.41) is 15.1. The molecule has 9 nitrogen and oxygen atoms in total. The molecule has 0 aromatic heterocycles. The molecule has 39 heavy (non-hydrogen) atoms. The smallest absolute Gasteiger partial charge is 0.326 e. The molecule has 0 bridgehead atoms. The zero-order valence-electron chi connectivity index (χ0n) is 22.0. The minimum Gasteiger partial charge on any atom is -0.497 e. The predicted molar refractivity (Wildman–Crippen MR) is 147 cm³/mol. The van der Waals surface area contributed by atoms with Gasteiger partial charge in [-0.3, -0.25) is 19.3 Å². The largest absolute Gasteiger partial charge is 0.497 e. The van der Waals surface area contributed by atoms with Gasteiger partial charge in [0, 0.05) is 17.5 Å². The lowest BCUT2D eigenvalue weighted by Crippen LogP contribution is -2.54. The summed E-state index contributed by atoms with van der Waals surface area (Å²) in [7, 11) is 1.51. The molecule has 0 spiro atoms. The summed E-state index contributed by atoms with van der Waals surface area (Å²) in [4.78, 5) is 53.4. The molecule has 0 radical (unpaired) electrons. The van der Waals surface area contributed by atoms with Crippen LogP contribution < -0.4 is 20.3 Å². The molecule has 0 fully saturated rings. The molecule has 3 aromatic carbocycles. The molecule has 9 heteroatoms. The van der Waals surface area contributed by atoms with Gasteiger partial charge >= 0.3 is 5.97 Å². The van der Waals surface area contributed by atoms with Gasteiger partial charge in [0.1, 0.15) is 17.8 Å². The number of anilines is 2. The maximum atomic E-state index is 13.8. The Hall–Kier alpha value is -4.66. The van der Waals surface area contributed by atoms with E-state index in [1.165, 1.54) is 24.1 Å². The van der Waals surface area contributed by atoms with Crippen molar-refractivity contribution in [2.45, 2.75) is 38.8 Å². The molecule has 1 heterocycles. The van der Waals surface area contributed by atoms with Gasteiger partial charge < -0.3 is 20.5 Å². The number of ether oxygens (including phenoxy) is 1. The monoisotopic (exact) mass is 529 g/mol. The van der Waals surface area contributed by atoms with Gasteiger partial charge in [-0.2, -0.15) is 0 Å². The summed E-state index contributed by atoms with van der Waals surface area (Å²) >= 11 is 0. The third-order valence-electron chi connectivity index (χ3n) is 6.93. The normalized spacial score (nSPS) is 15.9. The zero-order chi connectivity index (χ0) is 28.1. The molecule has 0 saturated carbocycles. The summed E-state index contributed by atoms with van der Waals surface area (Å²) in [6.07, 6.45) is 0.775. The minimum absolute atomic E-state index is 0.114. The van der Waals surface area contributed by atoms with E-state index in [1.54, 1.807) is 54.6 Å². The molecule has 3 N–H and O–H groups in total. The lowest BCUT2D eigenvalue weighted by atomic mass is 9.92. The summed E-state index contributed by atoms with van der Waals surface area (Å²) < 4.78 is 5.27. The Labute approximate surface area is 226 Å². The number of rotatable bonds is 9. The van der Waals surface area contributed by atoms with Gasteiger partial charge in [0.15, 0.2) is 0 Å². The highest BCUT2D eigenvalue weighted by Gasteiger charge is 2.40. The molecule has 3 amide bonds. The highest BCUT2D eigenvalue weighted by Crippen LogP contribution is 2.37. The number of benzene rings is 3. The molecular weight excluding hydrogens is 498 g/mol. The molecule has 4 rings (SSSR count). The summed E-state index contributed by atoms with van der Waals surface area (Å²) in [5.41, 5.74) is 2.02. The summed E-state index contributed by atoms with van der Waals surface area (Å²) in [5.74, 6) is -2.14. The third-order valence-corrected chi connectivity index (χ3v) is 6.93. The van der Waals surface area contributed by atoms with E-state index in [-0.39, 0.29) is 29.7 Å². The Bertz CT molecular complexity index is 1390. The molecule has 1 aliphatic heterocycles.